The van der Waals surface area contributed by atoms with Crippen molar-refractivity contribution in [1.82, 2.24) is 3.26 Å². The summed E-state index contributed by atoms with van der Waals surface area (Å²) < 4.78 is 6.10. The molecule has 0 bridgehead atoms. The van der Waals surface area contributed by atoms with Crippen LogP contribution in [-0.4, -0.2) is 12.5 Å². The summed E-state index contributed by atoms with van der Waals surface area (Å²) in [6.07, 6.45) is 23.3. The van der Waals surface area contributed by atoms with E-state index in [9.17, 15) is 0 Å². The molecule has 245 valence electrons. The van der Waals surface area contributed by atoms with E-state index in [1.54, 1.807) is 16.7 Å². The summed E-state index contributed by atoms with van der Waals surface area (Å²) in [5.74, 6) is 0.169. The second-order valence-corrected chi connectivity index (χ2v) is 32.1. The average molecular weight is 694 g/mol. The van der Waals surface area contributed by atoms with Crippen molar-refractivity contribution in [3.63, 3.8) is 0 Å². The molecule has 3 rings (SSSR count). The number of rotatable bonds is 21. The van der Waals surface area contributed by atoms with Gasteiger partial charge in [0.05, 0.1) is 0 Å². The Labute approximate surface area is 283 Å². The minimum atomic E-state index is -1.58. The van der Waals surface area contributed by atoms with Crippen LogP contribution in [-0.2, 0) is 21.2 Å². The molecule has 0 radical (unpaired) electrons. The van der Waals surface area contributed by atoms with Gasteiger partial charge in [0.2, 0.25) is 0 Å². The Hall–Kier alpha value is -1.02. The fourth-order valence-corrected chi connectivity index (χ4v) is 23.5. The van der Waals surface area contributed by atoms with Gasteiger partial charge >= 0.3 is 168 Å². The molecule has 0 aliphatic heterocycles. The SMILES string of the molecule is CCCCCCCCCCCCCCCCCC[NH][Zr]([C]1=C(C)C(C)=C(C)C1C)[SiH](C)C.c1ccc(-c2ccccc2)cc1. The first-order chi connectivity index (χ1) is 21.4. The molecule has 1 unspecified atom stereocenters. The molecular weight excluding hydrogens is 626 g/mol. The summed E-state index contributed by atoms with van der Waals surface area (Å²) in [4.78, 5) is 0. The fraction of sp³-hybridized carbons (Fsp3) is 0.610. The third kappa shape index (κ3) is 15.0. The number of unbranched alkanes of at least 4 members (excludes halogenated alkanes) is 15. The summed E-state index contributed by atoms with van der Waals surface area (Å²) in [5, 5.41) is 0. The van der Waals surface area contributed by atoms with Gasteiger partial charge in [-0.15, -0.1) is 0 Å². The normalized spacial score (nSPS) is 14.8. The minimum absolute atomic E-state index is 0.565. The van der Waals surface area contributed by atoms with Gasteiger partial charge < -0.3 is 0 Å². The monoisotopic (exact) mass is 692 g/mol. The van der Waals surface area contributed by atoms with Gasteiger partial charge in [-0.3, -0.25) is 0 Å². The first-order valence-corrected chi connectivity index (χ1v) is 28.1. The van der Waals surface area contributed by atoms with E-state index in [4.69, 9.17) is 0 Å². The Morgan fingerprint density at radius 2 is 0.955 bits per heavy atom. The number of nitrogens with one attached hydrogen (secondary N) is 1. The van der Waals surface area contributed by atoms with Crippen LogP contribution in [0.15, 0.2) is 80.7 Å². The molecule has 0 saturated heterocycles. The quantitative estimate of drug-likeness (QED) is 0.101. The van der Waals surface area contributed by atoms with Gasteiger partial charge in [-0.2, -0.15) is 0 Å². The summed E-state index contributed by atoms with van der Waals surface area (Å²) in [6.45, 7) is 18.4. The van der Waals surface area contributed by atoms with Crippen molar-refractivity contribution in [2.24, 2.45) is 5.92 Å². The third-order valence-electron chi connectivity index (χ3n) is 9.73. The van der Waals surface area contributed by atoms with Crippen LogP contribution in [0.3, 0.4) is 0 Å². The summed E-state index contributed by atoms with van der Waals surface area (Å²) in [7, 11) is 0. The molecule has 0 saturated carbocycles. The van der Waals surface area contributed by atoms with E-state index < -0.39 is 27.1 Å². The first kappa shape index (κ1) is 39.2. The van der Waals surface area contributed by atoms with E-state index >= 15 is 0 Å². The van der Waals surface area contributed by atoms with E-state index in [-0.39, 0.29) is 0 Å². The van der Waals surface area contributed by atoms with Crippen molar-refractivity contribution < 1.29 is 21.2 Å². The van der Waals surface area contributed by atoms with E-state index in [0.717, 1.165) is 5.92 Å². The second kappa shape index (κ2) is 24.2. The van der Waals surface area contributed by atoms with Gasteiger partial charge in [0, 0.05) is 0 Å². The Balaban J connectivity index is 0.000000461. The van der Waals surface area contributed by atoms with Crippen molar-refractivity contribution in [3.8, 4) is 11.1 Å². The predicted octanol–water partition coefficient (Wildman–Crippen LogP) is 13.0. The topological polar surface area (TPSA) is 12.0 Å². The van der Waals surface area contributed by atoms with Crippen molar-refractivity contribution in [1.29, 1.82) is 0 Å². The van der Waals surface area contributed by atoms with Crippen LogP contribution in [0.2, 0.25) is 13.1 Å². The second-order valence-electron chi connectivity index (χ2n) is 13.6. The molecule has 0 fully saturated rings. The molecule has 1 aliphatic carbocycles. The van der Waals surface area contributed by atoms with Crippen LogP contribution in [0.1, 0.15) is 137 Å². The summed E-state index contributed by atoms with van der Waals surface area (Å²) in [6, 6.07) is 20.8. The van der Waals surface area contributed by atoms with Crippen LogP contribution >= 0.6 is 0 Å². The van der Waals surface area contributed by atoms with E-state index in [0.29, 0.717) is 0 Å². The van der Waals surface area contributed by atoms with Crippen molar-refractivity contribution in [3.05, 3.63) is 80.7 Å². The molecule has 0 heterocycles. The van der Waals surface area contributed by atoms with Gasteiger partial charge in [0.15, 0.2) is 0 Å². The number of allylic oxidation sites excluding steroid dienone is 4. The summed E-state index contributed by atoms with van der Waals surface area (Å²) >= 11 is -1.58. The largest absolute Gasteiger partial charge is 0.0622 e. The molecule has 1 atom stereocenters. The van der Waals surface area contributed by atoms with Crippen molar-refractivity contribution in [2.45, 2.75) is 150 Å². The molecule has 1 nitrogen and oxygen atoms in total. The van der Waals surface area contributed by atoms with Gasteiger partial charge in [0.25, 0.3) is 0 Å². The molecule has 0 amide bonds. The number of hydrogen-bond donors (Lipinski definition) is 1. The minimum Gasteiger partial charge on any atom is -0.0622 e. The van der Waals surface area contributed by atoms with Gasteiger partial charge in [0.1, 0.15) is 0 Å². The zero-order valence-corrected chi connectivity index (χ0v) is 33.6. The third-order valence-corrected chi connectivity index (χ3v) is 27.4. The Kier molecular flexibility index (Phi) is 21.5. The Morgan fingerprint density at radius 1 is 0.568 bits per heavy atom. The molecular formula is C41H68NSiZr. The van der Waals surface area contributed by atoms with Crippen LogP contribution in [0.25, 0.3) is 11.1 Å². The smallest absolute Gasteiger partial charge is 0.0184 e. The molecule has 0 aromatic heterocycles. The van der Waals surface area contributed by atoms with E-state index in [1.807, 2.05) is 15.4 Å². The predicted molar refractivity (Wildman–Crippen MR) is 199 cm³/mol. The maximum absolute atomic E-state index is 4.19. The van der Waals surface area contributed by atoms with E-state index in [2.05, 4.69) is 99.5 Å². The fourth-order valence-electron chi connectivity index (χ4n) is 6.57. The first-order valence-electron chi connectivity index (χ1n) is 18.5. The molecule has 44 heavy (non-hydrogen) atoms. The average Bonchev–Trinajstić information content (AvgIpc) is 3.23. The maximum Gasteiger partial charge on any atom is -0.0184 e. The zero-order chi connectivity index (χ0) is 32.0. The summed E-state index contributed by atoms with van der Waals surface area (Å²) in [5.41, 5.74) is 7.47. The van der Waals surface area contributed by atoms with Gasteiger partial charge in [-0.05, 0) is 11.1 Å². The Morgan fingerprint density at radius 3 is 1.30 bits per heavy atom. The Bertz CT molecular complexity index is 1020. The van der Waals surface area contributed by atoms with Crippen molar-refractivity contribution in [2.75, 3.05) is 6.54 Å². The van der Waals surface area contributed by atoms with Crippen LogP contribution in [0.5, 0.6) is 0 Å². The molecule has 3 heteroatoms. The van der Waals surface area contributed by atoms with Crippen molar-refractivity contribution >= 4 is 5.92 Å². The number of hydrogen-bond acceptors (Lipinski definition) is 1. The molecule has 2 aromatic carbocycles. The molecule has 1 aliphatic rings. The van der Waals surface area contributed by atoms with E-state index in [1.165, 1.54) is 120 Å². The standard InChI is InChI=1S/C18H38N.C12H10.C9H13.C2H7Si.Zr/c1-2-3-4-5-6-7-8-9-10-11-12-13-14-15-16-17-18-19;1-3-7-11(8-4-1)12-9-5-2-6-10-12;1-6-5-7(2)9(4)8(6)3;1-3-2;/h19H,2-18H2,1H3;1-10H;6H,1-4H3;3H,1-2H3;/q-1;;;;+1. The molecule has 2 aromatic rings. The zero-order valence-electron chi connectivity index (χ0n) is 29.9. The van der Waals surface area contributed by atoms with Gasteiger partial charge in [-0.1, -0.05) is 106 Å². The molecule has 0 spiro atoms. The van der Waals surface area contributed by atoms with Crippen LogP contribution in [0, 0.1) is 5.92 Å². The maximum atomic E-state index is 4.19. The van der Waals surface area contributed by atoms with Crippen LogP contribution in [0.4, 0.5) is 0 Å². The molecule has 1 N–H and O–H groups in total. The van der Waals surface area contributed by atoms with Gasteiger partial charge in [-0.25, -0.2) is 0 Å². The number of benzene rings is 2. The van der Waals surface area contributed by atoms with Crippen LogP contribution < -0.4 is 3.26 Å².